The standard InChI is InChI=1S/C96H114N4O24/c1-99-61-75(59-97-99)65-41-69-43-67-39-63(45-77(71-49-85(113-27-15-101-3)93(121-35-23-109-11)86(50-71)114-28-16-102-4)81(67)57-83(69)79(47-65)73-53-89(117-31-19-105-7)95(123-37-25-111-13)90(54-73)118-32-20-106-8)64-40-68-44-70-42-66(76-60-98-100(2)62-76)48-80(74-55-91(119-33-21-107-9)96(124-38-26-112-14)92(56-74)120-34-22-108-10)84(70)58-82(68)78(46-64)72-51-87(115-29-17-103-5)94(122-36-24-110-12)88(52-72)116-30-18-104-6/h39-62H,15-38H2,1-14H3. The molecule has 10 aromatic carbocycles. The van der Waals surface area contributed by atoms with Gasteiger partial charge in [0.25, 0.3) is 0 Å². The van der Waals surface area contributed by atoms with E-state index in [0.717, 1.165) is 121 Å². The first-order chi connectivity index (χ1) is 60.8. The van der Waals surface area contributed by atoms with Gasteiger partial charge in [-0.2, -0.15) is 10.2 Å². The van der Waals surface area contributed by atoms with Crippen molar-refractivity contribution in [1.29, 1.82) is 0 Å². The number of aryl methyl sites for hydroxylation is 2. The molecular weight excluding hydrogens is 1590 g/mol. The van der Waals surface area contributed by atoms with Crippen LogP contribution in [0.4, 0.5) is 0 Å². The molecule has 12 aromatic rings. The first-order valence-electron chi connectivity index (χ1n) is 41.1. The van der Waals surface area contributed by atoms with E-state index in [9.17, 15) is 0 Å². The molecule has 662 valence electrons. The van der Waals surface area contributed by atoms with Crippen LogP contribution in [0.1, 0.15) is 0 Å². The highest BCUT2D eigenvalue weighted by Gasteiger charge is 2.27. The van der Waals surface area contributed by atoms with Crippen molar-refractivity contribution in [3.63, 3.8) is 0 Å². The highest BCUT2D eigenvalue weighted by Crippen LogP contribution is 2.52. The number of rotatable bonds is 55. The average Bonchev–Trinajstić information content (AvgIpc) is 0.788. The van der Waals surface area contributed by atoms with Gasteiger partial charge in [0.2, 0.25) is 23.0 Å². The highest BCUT2D eigenvalue weighted by atomic mass is 16.6. The molecule has 12 rings (SSSR count). The van der Waals surface area contributed by atoms with Gasteiger partial charge in [0, 0.05) is 123 Å². The lowest BCUT2D eigenvalue weighted by atomic mass is 9.86. The average molecular weight is 1710 g/mol. The number of ether oxygens (including phenoxy) is 24. The minimum Gasteiger partial charge on any atom is -0.487 e. The van der Waals surface area contributed by atoms with Crippen LogP contribution in [0.15, 0.2) is 146 Å². The number of hydrogen-bond donors (Lipinski definition) is 0. The Balaban J connectivity index is 1.23. The number of methoxy groups -OCH3 is 12. The van der Waals surface area contributed by atoms with Crippen molar-refractivity contribution in [1.82, 2.24) is 19.6 Å². The lowest BCUT2D eigenvalue weighted by Crippen LogP contribution is -2.11. The summed E-state index contributed by atoms with van der Waals surface area (Å²) in [5, 5.41) is 16.5. The molecule has 124 heavy (non-hydrogen) atoms. The first kappa shape index (κ1) is 92.0. The Bertz CT molecular complexity index is 5000. The van der Waals surface area contributed by atoms with Gasteiger partial charge in [-0.1, -0.05) is 0 Å². The van der Waals surface area contributed by atoms with Crippen molar-refractivity contribution in [3.8, 4) is 147 Å². The topological polar surface area (TPSA) is 257 Å². The summed E-state index contributed by atoms with van der Waals surface area (Å²) in [6.07, 6.45) is 7.75. The van der Waals surface area contributed by atoms with E-state index in [-0.39, 0.29) is 119 Å². The van der Waals surface area contributed by atoms with Crippen molar-refractivity contribution >= 4 is 43.1 Å². The van der Waals surface area contributed by atoms with Gasteiger partial charge in [-0.15, -0.1) is 0 Å². The zero-order chi connectivity index (χ0) is 87.1. The van der Waals surface area contributed by atoms with Gasteiger partial charge < -0.3 is 114 Å². The molecule has 0 N–H and O–H groups in total. The van der Waals surface area contributed by atoms with Crippen LogP contribution in [0.5, 0.6) is 69.0 Å². The van der Waals surface area contributed by atoms with Gasteiger partial charge in [0.05, 0.1) is 91.7 Å². The predicted molar refractivity (Wildman–Crippen MR) is 477 cm³/mol. The Morgan fingerprint density at radius 2 is 0.363 bits per heavy atom. The van der Waals surface area contributed by atoms with Crippen LogP contribution in [-0.2, 0) is 70.9 Å². The van der Waals surface area contributed by atoms with Crippen molar-refractivity contribution in [2.75, 3.05) is 244 Å². The van der Waals surface area contributed by atoms with E-state index in [1.54, 1.807) is 94.7 Å². The Morgan fingerprint density at radius 1 is 0.185 bits per heavy atom. The maximum Gasteiger partial charge on any atom is 0.203 e. The molecule has 0 aliphatic heterocycles. The summed E-state index contributed by atoms with van der Waals surface area (Å²) in [5.41, 5.74) is 11.6. The smallest absolute Gasteiger partial charge is 0.203 e. The van der Waals surface area contributed by atoms with Crippen molar-refractivity contribution < 1.29 is 114 Å². The molecular formula is C96H114N4O24. The van der Waals surface area contributed by atoms with Crippen molar-refractivity contribution in [3.05, 3.63) is 146 Å². The number of nitrogens with zero attached hydrogens (tertiary/aromatic N) is 4. The third-order valence-electron chi connectivity index (χ3n) is 20.3. The van der Waals surface area contributed by atoms with Gasteiger partial charge in [0.15, 0.2) is 46.0 Å². The van der Waals surface area contributed by atoms with Crippen molar-refractivity contribution in [2.24, 2.45) is 14.1 Å². The van der Waals surface area contributed by atoms with Crippen LogP contribution in [0.3, 0.4) is 0 Å². The molecule has 0 aliphatic rings. The van der Waals surface area contributed by atoms with Gasteiger partial charge in [-0.25, -0.2) is 0 Å². The third-order valence-corrected chi connectivity index (χ3v) is 20.3. The van der Waals surface area contributed by atoms with E-state index in [0.29, 0.717) is 109 Å². The Kier molecular flexibility index (Phi) is 34.9. The van der Waals surface area contributed by atoms with E-state index < -0.39 is 0 Å². The lowest BCUT2D eigenvalue weighted by Gasteiger charge is -2.22. The minimum absolute atomic E-state index is 0.181. The number of hydrogen-bond acceptors (Lipinski definition) is 26. The highest BCUT2D eigenvalue weighted by molar-refractivity contribution is 6.15. The zero-order valence-corrected chi connectivity index (χ0v) is 73.4. The fourth-order valence-electron chi connectivity index (χ4n) is 14.4. The zero-order valence-electron chi connectivity index (χ0n) is 73.4. The van der Waals surface area contributed by atoms with E-state index >= 15 is 0 Å². The number of aromatic nitrogens is 4. The Labute approximate surface area is 723 Å². The Morgan fingerprint density at radius 3 is 0.532 bits per heavy atom. The first-order valence-corrected chi connectivity index (χ1v) is 41.1. The molecule has 0 unspecified atom stereocenters. The molecule has 0 saturated heterocycles. The second kappa shape index (κ2) is 47.0. The van der Waals surface area contributed by atoms with Gasteiger partial charge in [-0.05, 0) is 231 Å². The molecule has 0 radical (unpaired) electrons. The molecule has 0 bridgehead atoms. The summed E-state index contributed by atoms with van der Waals surface area (Å²) in [4.78, 5) is 0. The predicted octanol–water partition coefficient (Wildman–Crippen LogP) is 15.7. The summed E-state index contributed by atoms with van der Waals surface area (Å²) >= 11 is 0. The fraction of sp³-hybridized carbons (Fsp3) is 0.396. The monoisotopic (exact) mass is 1710 g/mol. The van der Waals surface area contributed by atoms with Crippen LogP contribution >= 0.6 is 0 Å². The van der Waals surface area contributed by atoms with Gasteiger partial charge in [-0.3, -0.25) is 9.36 Å². The van der Waals surface area contributed by atoms with Crippen molar-refractivity contribution in [2.45, 2.75) is 0 Å². The quantitative estimate of drug-likeness (QED) is 0.0253. The summed E-state index contributed by atoms with van der Waals surface area (Å²) < 4.78 is 150. The largest absolute Gasteiger partial charge is 0.487 e. The second-order valence-corrected chi connectivity index (χ2v) is 28.8. The summed E-state index contributed by atoms with van der Waals surface area (Å²) in [7, 11) is 23.4. The van der Waals surface area contributed by atoms with Crippen LogP contribution in [0.25, 0.3) is 121 Å². The lowest BCUT2D eigenvalue weighted by molar-refractivity contribution is 0.123. The molecule has 2 aromatic heterocycles. The van der Waals surface area contributed by atoms with Crippen LogP contribution in [0, 0.1) is 0 Å². The molecule has 0 amide bonds. The van der Waals surface area contributed by atoms with Gasteiger partial charge in [0.1, 0.15) is 79.3 Å². The molecule has 0 saturated carbocycles. The molecule has 0 aliphatic carbocycles. The molecule has 0 fully saturated rings. The maximum absolute atomic E-state index is 6.74. The fourth-order valence-corrected chi connectivity index (χ4v) is 14.4. The second-order valence-electron chi connectivity index (χ2n) is 28.8. The van der Waals surface area contributed by atoms with E-state index in [1.807, 2.05) is 87.4 Å². The molecule has 2 heterocycles. The van der Waals surface area contributed by atoms with Crippen LogP contribution in [0.2, 0.25) is 0 Å². The normalized spacial score (nSPS) is 11.5. The van der Waals surface area contributed by atoms with Crippen LogP contribution in [-0.4, -0.2) is 263 Å². The Hall–Kier alpha value is -11.2. The number of benzene rings is 10. The molecule has 28 heteroatoms. The summed E-state index contributed by atoms with van der Waals surface area (Å²) in [6.45, 7) is 5.94. The molecule has 0 spiro atoms. The molecule has 28 nitrogen and oxygen atoms in total. The third kappa shape index (κ3) is 23.4. The summed E-state index contributed by atoms with van der Waals surface area (Å²) in [5.74, 6) is 5.01. The number of fused-ring (bicyclic) bond motifs is 4. The van der Waals surface area contributed by atoms with E-state index in [1.165, 1.54) is 0 Å². The summed E-state index contributed by atoms with van der Waals surface area (Å²) in [6, 6.07) is 42.7. The maximum atomic E-state index is 6.74. The molecule has 0 atom stereocenters. The van der Waals surface area contributed by atoms with Gasteiger partial charge >= 0.3 is 0 Å². The van der Waals surface area contributed by atoms with E-state index in [4.69, 9.17) is 114 Å². The SMILES string of the molecule is COCCOc1cc(-c2cc(-c3cc(-c4cc(OCCOC)c(OCCOC)c(OCCOC)c4)c4cc5c(-c6cc(OCCOC)c(OCCOC)c(OCCOC)c6)cc(-c6cnn(C)c6)cc5cc4c3)cc3cc4cc(-c5cnn(C)c5)cc(-c5cc(OCCOC)c(OCCOC)c(OCCOC)c5)c4cc23)cc(OCCOC)c1OCCOC. The minimum atomic E-state index is 0.181. The van der Waals surface area contributed by atoms with E-state index in [2.05, 4.69) is 83.0 Å². The van der Waals surface area contributed by atoms with Crippen LogP contribution < -0.4 is 56.8 Å².